The fourth-order valence-electron chi connectivity index (χ4n) is 4.53. The molecule has 172 valence electrons. The van der Waals surface area contributed by atoms with E-state index >= 15 is 0 Å². The highest BCUT2D eigenvalue weighted by Crippen LogP contribution is 2.40. The Morgan fingerprint density at radius 3 is 1.56 bits per heavy atom. The molecule has 0 saturated heterocycles. The molecule has 0 aliphatic carbocycles. The Balaban J connectivity index is 1.83. The number of hydrogen-bond donors (Lipinski definition) is 0. The number of rotatable bonds is 6. The highest BCUT2D eigenvalue weighted by atomic mass is 15.1. The lowest BCUT2D eigenvalue weighted by atomic mass is 9.95. The lowest BCUT2D eigenvalue weighted by molar-refractivity contribution is 0.862. The fraction of sp³-hybridized carbons (Fsp3) is 0.212. The number of allylic oxidation sites excluding steroid dienone is 1. The molecule has 0 fully saturated rings. The van der Waals surface area contributed by atoms with Crippen LogP contribution in [0.5, 0.6) is 0 Å². The number of anilines is 3. The first kappa shape index (κ1) is 23.6. The molecule has 4 rings (SSSR count). The van der Waals surface area contributed by atoms with Crippen LogP contribution in [-0.2, 0) is 0 Å². The van der Waals surface area contributed by atoms with E-state index in [1.165, 1.54) is 44.6 Å². The minimum absolute atomic E-state index is 0.503. The average molecular weight is 446 g/mol. The van der Waals surface area contributed by atoms with Gasteiger partial charge in [0.25, 0.3) is 0 Å². The monoisotopic (exact) mass is 445 g/mol. The maximum absolute atomic E-state index is 4.10. The maximum Gasteiger partial charge on any atom is 0.0520 e. The molecule has 0 aromatic heterocycles. The van der Waals surface area contributed by atoms with E-state index in [0.717, 1.165) is 16.9 Å². The number of nitrogens with zero attached hydrogens (tertiary/aromatic N) is 1. The van der Waals surface area contributed by atoms with Crippen molar-refractivity contribution in [3.8, 4) is 11.1 Å². The second-order valence-electron chi connectivity index (χ2n) is 9.73. The van der Waals surface area contributed by atoms with Gasteiger partial charge < -0.3 is 4.90 Å². The standard InChI is InChI=1S/C33H35N/c1-22(2)27-12-16-31(17-13-27)34(33-25(6)20-30(23(3)4)21-26(33)7)32-18-14-29(15-19-32)28-10-8-24(5)9-11-28/h8-21,23H,1H2,2-7H3. The predicted octanol–water partition coefficient (Wildman–Crippen LogP) is 9.91. The second-order valence-corrected chi connectivity index (χ2v) is 9.73. The smallest absolute Gasteiger partial charge is 0.0520 e. The number of benzene rings is 4. The van der Waals surface area contributed by atoms with Crippen LogP contribution in [0.3, 0.4) is 0 Å². The number of aryl methyl sites for hydroxylation is 3. The van der Waals surface area contributed by atoms with E-state index < -0.39 is 0 Å². The third kappa shape index (κ3) is 4.84. The van der Waals surface area contributed by atoms with E-state index in [1.54, 1.807) is 0 Å². The van der Waals surface area contributed by atoms with Crippen molar-refractivity contribution in [1.29, 1.82) is 0 Å². The third-order valence-corrected chi connectivity index (χ3v) is 6.53. The summed E-state index contributed by atoms with van der Waals surface area (Å²) in [5.41, 5.74) is 13.5. The molecule has 0 heterocycles. The Bertz CT molecular complexity index is 1270. The van der Waals surface area contributed by atoms with Gasteiger partial charge in [-0.15, -0.1) is 0 Å². The quantitative estimate of drug-likeness (QED) is 0.285. The molecule has 1 nitrogen and oxygen atoms in total. The zero-order valence-electron chi connectivity index (χ0n) is 21.3. The molecule has 1 heteroatoms. The van der Waals surface area contributed by atoms with Gasteiger partial charge in [-0.25, -0.2) is 0 Å². The van der Waals surface area contributed by atoms with Gasteiger partial charge in [0.05, 0.1) is 5.69 Å². The van der Waals surface area contributed by atoms with Crippen molar-refractivity contribution in [2.24, 2.45) is 0 Å². The summed E-state index contributed by atoms with van der Waals surface area (Å²) in [7, 11) is 0. The molecule has 0 spiro atoms. The summed E-state index contributed by atoms with van der Waals surface area (Å²) in [5.74, 6) is 0.503. The SMILES string of the molecule is C=C(C)c1ccc(N(c2ccc(-c3ccc(C)cc3)cc2)c2c(C)cc(C(C)C)cc2C)cc1. The van der Waals surface area contributed by atoms with Gasteiger partial charge in [-0.1, -0.05) is 92.2 Å². The van der Waals surface area contributed by atoms with Crippen molar-refractivity contribution in [3.63, 3.8) is 0 Å². The molecule has 0 unspecified atom stereocenters. The molecule has 0 radical (unpaired) electrons. The average Bonchev–Trinajstić information content (AvgIpc) is 2.82. The summed E-state index contributed by atoms with van der Waals surface area (Å²) >= 11 is 0. The van der Waals surface area contributed by atoms with Gasteiger partial charge in [0.15, 0.2) is 0 Å². The van der Waals surface area contributed by atoms with Crippen LogP contribution in [-0.4, -0.2) is 0 Å². The van der Waals surface area contributed by atoms with Crippen molar-refractivity contribution in [3.05, 3.63) is 119 Å². The Morgan fingerprint density at radius 2 is 1.12 bits per heavy atom. The Labute approximate surface area is 205 Å². The van der Waals surface area contributed by atoms with Crippen LogP contribution in [0.4, 0.5) is 17.1 Å². The van der Waals surface area contributed by atoms with E-state index in [0.29, 0.717) is 5.92 Å². The van der Waals surface area contributed by atoms with E-state index in [2.05, 4.69) is 138 Å². The normalized spacial score (nSPS) is 11.0. The van der Waals surface area contributed by atoms with Crippen LogP contribution in [0.1, 0.15) is 54.5 Å². The lowest BCUT2D eigenvalue weighted by Crippen LogP contribution is -2.13. The van der Waals surface area contributed by atoms with E-state index in [-0.39, 0.29) is 0 Å². The highest BCUT2D eigenvalue weighted by Gasteiger charge is 2.18. The van der Waals surface area contributed by atoms with Crippen molar-refractivity contribution >= 4 is 22.6 Å². The summed E-state index contributed by atoms with van der Waals surface area (Å²) in [5, 5.41) is 0. The zero-order valence-corrected chi connectivity index (χ0v) is 21.3. The van der Waals surface area contributed by atoms with Crippen LogP contribution in [0.2, 0.25) is 0 Å². The maximum atomic E-state index is 4.10. The summed E-state index contributed by atoms with van der Waals surface area (Å²) < 4.78 is 0. The van der Waals surface area contributed by atoms with Crippen molar-refractivity contribution < 1.29 is 0 Å². The summed E-state index contributed by atoms with van der Waals surface area (Å²) in [4.78, 5) is 2.38. The van der Waals surface area contributed by atoms with E-state index in [4.69, 9.17) is 0 Å². The van der Waals surface area contributed by atoms with Gasteiger partial charge in [0.2, 0.25) is 0 Å². The van der Waals surface area contributed by atoms with Gasteiger partial charge in [0.1, 0.15) is 0 Å². The first-order chi connectivity index (χ1) is 16.2. The summed E-state index contributed by atoms with van der Waals surface area (Å²) in [6.45, 7) is 17.2. The zero-order chi connectivity index (χ0) is 24.4. The molecule has 0 saturated carbocycles. The van der Waals surface area contributed by atoms with E-state index in [9.17, 15) is 0 Å². The minimum atomic E-state index is 0.503. The summed E-state index contributed by atoms with van der Waals surface area (Å²) in [6.07, 6.45) is 0. The highest BCUT2D eigenvalue weighted by molar-refractivity contribution is 5.82. The Morgan fingerprint density at radius 1 is 0.676 bits per heavy atom. The van der Waals surface area contributed by atoms with Crippen LogP contribution in [0.25, 0.3) is 16.7 Å². The molecular formula is C33H35N. The van der Waals surface area contributed by atoms with Crippen LogP contribution >= 0.6 is 0 Å². The molecule has 4 aromatic carbocycles. The number of hydrogen-bond acceptors (Lipinski definition) is 1. The fourth-order valence-corrected chi connectivity index (χ4v) is 4.53. The minimum Gasteiger partial charge on any atom is -0.310 e. The Hall–Kier alpha value is -3.58. The third-order valence-electron chi connectivity index (χ3n) is 6.53. The predicted molar refractivity (Wildman–Crippen MR) is 150 cm³/mol. The first-order valence-corrected chi connectivity index (χ1v) is 12.1. The van der Waals surface area contributed by atoms with Gasteiger partial charge in [-0.05, 0) is 91.3 Å². The van der Waals surface area contributed by atoms with Crippen molar-refractivity contribution in [2.45, 2.75) is 47.5 Å². The topological polar surface area (TPSA) is 3.24 Å². The van der Waals surface area contributed by atoms with Gasteiger partial charge in [-0.2, -0.15) is 0 Å². The van der Waals surface area contributed by atoms with E-state index in [1.807, 2.05) is 0 Å². The molecule has 0 amide bonds. The Kier molecular flexibility index (Phi) is 6.75. The molecule has 0 aliphatic heterocycles. The second kappa shape index (κ2) is 9.73. The first-order valence-electron chi connectivity index (χ1n) is 12.1. The van der Waals surface area contributed by atoms with Crippen molar-refractivity contribution in [1.82, 2.24) is 0 Å². The van der Waals surface area contributed by atoms with Gasteiger partial charge in [0, 0.05) is 11.4 Å². The molecule has 0 atom stereocenters. The molecule has 4 aromatic rings. The molecule has 0 N–H and O–H groups in total. The largest absolute Gasteiger partial charge is 0.310 e. The lowest BCUT2D eigenvalue weighted by Gasteiger charge is -2.30. The summed E-state index contributed by atoms with van der Waals surface area (Å²) in [6, 6.07) is 31.0. The van der Waals surface area contributed by atoms with Crippen LogP contribution < -0.4 is 4.90 Å². The van der Waals surface area contributed by atoms with Crippen molar-refractivity contribution in [2.75, 3.05) is 4.90 Å². The van der Waals surface area contributed by atoms with Gasteiger partial charge >= 0.3 is 0 Å². The molecular weight excluding hydrogens is 410 g/mol. The van der Waals surface area contributed by atoms with Crippen LogP contribution in [0, 0.1) is 20.8 Å². The molecule has 0 bridgehead atoms. The molecule has 34 heavy (non-hydrogen) atoms. The van der Waals surface area contributed by atoms with Gasteiger partial charge in [-0.3, -0.25) is 0 Å². The molecule has 0 aliphatic rings. The van der Waals surface area contributed by atoms with Crippen LogP contribution in [0.15, 0.2) is 91.5 Å².